The van der Waals surface area contributed by atoms with Crippen LogP contribution in [0.25, 0.3) is 11.3 Å². The topological polar surface area (TPSA) is 71.1 Å². The van der Waals surface area contributed by atoms with Gasteiger partial charge in [-0.2, -0.15) is 0 Å². The van der Waals surface area contributed by atoms with Gasteiger partial charge in [-0.1, -0.05) is 35.9 Å². The SMILES string of the molecule is Cc1ccc(-c2csc(NC(=O)c3cccc(NC(=O)C4CC4)c3)n2)cc1. The van der Waals surface area contributed by atoms with Crippen LogP contribution >= 0.6 is 11.3 Å². The molecule has 2 N–H and O–H groups in total. The number of hydrogen-bond donors (Lipinski definition) is 2. The fourth-order valence-corrected chi connectivity index (χ4v) is 3.40. The number of nitrogens with one attached hydrogen (secondary N) is 2. The quantitative estimate of drug-likeness (QED) is 0.676. The van der Waals surface area contributed by atoms with Crippen molar-refractivity contribution in [3.05, 3.63) is 65.0 Å². The maximum Gasteiger partial charge on any atom is 0.257 e. The molecule has 6 heteroatoms. The van der Waals surface area contributed by atoms with Gasteiger partial charge in [0.2, 0.25) is 5.91 Å². The second-order valence-electron chi connectivity index (χ2n) is 6.70. The fourth-order valence-electron chi connectivity index (χ4n) is 2.69. The highest BCUT2D eigenvalue weighted by atomic mass is 32.1. The number of rotatable bonds is 5. The summed E-state index contributed by atoms with van der Waals surface area (Å²) in [5.41, 5.74) is 4.16. The summed E-state index contributed by atoms with van der Waals surface area (Å²) in [6, 6.07) is 15.1. The Bertz CT molecular complexity index is 991. The molecule has 0 aliphatic heterocycles. The Morgan fingerprint density at radius 2 is 1.85 bits per heavy atom. The first kappa shape index (κ1) is 17.4. The molecule has 0 bridgehead atoms. The molecule has 1 aliphatic carbocycles. The average molecular weight is 377 g/mol. The van der Waals surface area contributed by atoms with E-state index in [-0.39, 0.29) is 17.7 Å². The van der Waals surface area contributed by atoms with Crippen molar-refractivity contribution in [2.24, 2.45) is 5.92 Å². The Balaban J connectivity index is 1.44. The third-order valence-corrected chi connectivity index (χ3v) is 5.17. The molecule has 1 saturated carbocycles. The molecule has 2 aromatic carbocycles. The van der Waals surface area contributed by atoms with Gasteiger partial charge in [-0.15, -0.1) is 11.3 Å². The number of hydrogen-bond acceptors (Lipinski definition) is 4. The van der Waals surface area contributed by atoms with E-state index in [9.17, 15) is 9.59 Å². The molecule has 1 fully saturated rings. The second kappa shape index (κ2) is 7.32. The molecule has 1 aromatic heterocycles. The summed E-state index contributed by atoms with van der Waals surface area (Å²) < 4.78 is 0. The zero-order chi connectivity index (χ0) is 18.8. The van der Waals surface area contributed by atoms with Crippen LogP contribution in [0, 0.1) is 12.8 Å². The summed E-state index contributed by atoms with van der Waals surface area (Å²) in [6.07, 6.45) is 1.89. The summed E-state index contributed by atoms with van der Waals surface area (Å²) >= 11 is 1.39. The van der Waals surface area contributed by atoms with Crippen molar-refractivity contribution in [3.8, 4) is 11.3 Å². The van der Waals surface area contributed by atoms with Gasteiger partial charge in [0.15, 0.2) is 5.13 Å². The molecule has 0 unspecified atom stereocenters. The molecule has 136 valence electrons. The van der Waals surface area contributed by atoms with Crippen molar-refractivity contribution in [1.29, 1.82) is 0 Å². The van der Waals surface area contributed by atoms with Gasteiger partial charge in [0.1, 0.15) is 0 Å². The standard InChI is InChI=1S/C21H19N3O2S/c1-13-5-7-14(8-6-13)18-12-27-21(23-18)24-20(26)16-3-2-4-17(11-16)22-19(25)15-9-10-15/h2-8,11-12,15H,9-10H2,1H3,(H,22,25)(H,23,24,26). The van der Waals surface area contributed by atoms with E-state index in [1.807, 2.05) is 36.6 Å². The number of thiazole rings is 1. The highest BCUT2D eigenvalue weighted by Crippen LogP contribution is 2.30. The summed E-state index contributed by atoms with van der Waals surface area (Å²) in [5, 5.41) is 8.16. The smallest absolute Gasteiger partial charge is 0.257 e. The number of benzene rings is 2. The molecule has 2 amide bonds. The molecule has 0 spiro atoms. The van der Waals surface area contributed by atoms with Crippen LogP contribution in [0.5, 0.6) is 0 Å². The van der Waals surface area contributed by atoms with Crippen LogP contribution in [0.3, 0.4) is 0 Å². The Kier molecular flexibility index (Phi) is 4.73. The van der Waals surface area contributed by atoms with Crippen molar-refractivity contribution in [2.45, 2.75) is 19.8 Å². The second-order valence-corrected chi connectivity index (χ2v) is 7.56. The number of amides is 2. The van der Waals surface area contributed by atoms with Crippen LogP contribution in [0.2, 0.25) is 0 Å². The molecule has 4 rings (SSSR count). The van der Waals surface area contributed by atoms with E-state index in [2.05, 4.69) is 15.6 Å². The van der Waals surface area contributed by atoms with Crippen molar-refractivity contribution in [3.63, 3.8) is 0 Å². The fraction of sp³-hybridized carbons (Fsp3) is 0.190. The minimum atomic E-state index is -0.248. The lowest BCUT2D eigenvalue weighted by atomic mass is 10.1. The largest absolute Gasteiger partial charge is 0.326 e. The third kappa shape index (κ3) is 4.23. The van der Waals surface area contributed by atoms with Crippen LogP contribution in [-0.2, 0) is 4.79 Å². The zero-order valence-electron chi connectivity index (χ0n) is 14.9. The molecule has 1 aliphatic rings. The first-order chi connectivity index (χ1) is 13.1. The monoisotopic (exact) mass is 377 g/mol. The Morgan fingerprint density at radius 1 is 1.07 bits per heavy atom. The Hall–Kier alpha value is -2.99. The normalized spacial score (nSPS) is 13.2. The molecule has 27 heavy (non-hydrogen) atoms. The maximum absolute atomic E-state index is 12.5. The van der Waals surface area contributed by atoms with Gasteiger partial charge >= 0.3 is 0 Å². The van der Waals surface area contributed by atoms with Crippen LogP contribution in [0.15, 0.2) is 53.9 Å². The lowest BCUT2D eigenvalue weighted by Gasteiger charge is -2.07. The predicted molar refractivity (Wildman–Crippen MR) is 108 cm³/mol. The van der Waals surface area contributed by atoms with Gasteiger partial charge in [-0.3, -0.25) is 14.9 Å². The minimum Gasteiger partial charge on any atom is -0.326 e. The van der Waals surface area contributed by atoms with Gasteiger partial charge in [0, 0.05) is 28.1 Å². The van der Waals surface area contributed by atoms with Crippen LogP contribution in [0.4, 0.5) is 10.8 Å². The van der Waals surface area contributed by atoms with Gasteiger partial charge in [-0.05, 0) is 38.0 Å². The summed E-state index contributed by atoms with van der Waals surface area (Å²) in [7, 11) is 0. The lowest BCUT2D eigenvalue weighted by molar-refractivity contribution is -0.117. The molecule has 1 heterocycles. The van der Waals surface area contributed by atoms with E-state index in [0.717, 1.165) is 24.1 Å². The summed E-state index contributed by atoms with van der Waals surface area (Å²) in [4.78, 5) is 28.9. The number of aromatic nitrogens is 1. The van der Waals surface area contributed by atoms with E-state index in [1.165, 1.54) is 16.9 Å². The predicted octanol–water partition coefficient (Wildman–Crippen LogP) is 4.72. The first-order valence-corrected chi connectivity index (χ1v) is 9.71. The number of aryl methyl sites for hydroxylation is 1. The highest BCUT2D eigenvalue weighted by Gasteiger charge is 2.29. The summed E-state index contributed by atoms with van der Waals surface area (Å²) in [6.45, 7) is 2.04. The highest BCUT2D eigenvalue weighted by molar-refractivity contribution is 7.14. The molecular formula is C21H19N3O2S. The number of carbonyl (C=O) groups is 2. The minimum absolute atomic E-state index is 0.0234. The van der Waals surface area contributed by atoms with Crippen LogP contribution in [0.1, 0.15) is 28.8 Å². The molecule has 0 saturated heterocycles. The summed E-state index contributed by atoms with van der Waals surface area (Å²) in [5.74, 6) is -0.101. The van der Waals surface area contributed by atoms with Crippen molar-refractivity contribution >= 4 is 34.0 Å². The van der Waals surface area contributed by atoms with E-state index in [1.54, 1.807) is 24.3 Å². The average Bonchev–Trinajstić information content (AvgIpc) is 3.43. The van der Waals surface area contributed by atoms with Gasteiger partial charge < -0.3 is 5.32 Å². The molecular weight excluding hydrogens is 358 g/mol. The van der Waals surface area contributed by atoms with Gasteiger partial charge in [-0.25, -0.2) is 4.98 Å². The molecule has 5 nitrogen and oxygen atoms in total. The van der Waals surface area contributed by atoms with Crippen molar-refractivity contribution in [1.82, 2.24) is 4.98 Å². The third-order valence-electron chi connectivity index (χ3n) is 4.41. The van der Waals surface area contributed by atoms with E-state index in [0.29, 0.717) is 16.4 Å². The molecule has 3 aromatic rings. The number of anilines is 2. The van der Waals surface area contributed by atoms with Crippen LogP contribution in [-0.4, -0.2) is 16.8 Å². The van der Waals surface area contributed by atoms with Gasteiger partial charge in [0.05, 0.1) is 5.69 Å². The van der Waals surface area contributed by atoms with Crippen molar-refractivity contribution in [2.75, 3.05) is 10.6 Å². The lowest BCUT2D eigenvalue weighted by Crippen LogP contribution is -2.15. The van der Waals surface area contributed by atoms with E-state index >= 15 is 0 Å². The molecule has 0 atom stereocenters. The number of nitrogens with zero attached hydrogens (tertiary/aromatic N) is 1. The van der Waals surface area contributed by atoms with Crippen LogP contribution < -0.4 is 10.6 Å². The maximum atomic E-state index is 12.5. The Labute approximate surface area is 161 Å². The van der Waals surface area contributed by atoms with Gasteiger partial charge in [0.25, 0.3) is 5.91 Å². The molecule has 0 radical (unpaired) electrons. The Morgan fingerprint density at radius 3 is 2.59 bits per heavy atom. The number of carbonyl (C=O) groups excluding carboxylic acids is 2. The van der Waals surface area contributed by atoms with Crippen molar-refractivity contribution < 1.29 is 9.59 Å². The van der Waals surface area contributed by atoms with E-state index < -0.39 is 0 Å². The first-order valence-electron chi connectivity index (χ1n) is 8.83. The van der Waals surface area contributed by atoms with E-state index in [4.69, 9.17) is 0 Å². The zero-order valence-corrected chi connectivity index (χ0v) is 15.7.